The fourth-order valence-electron chi connectivity index (χ4n) is 1.27. The highest BCUT2D eigenvalue weighted by Crippen LogP contribution is 2.30. The average molecular weight is 301 g/mol. The Balaban J connectivity index is 3.08. The maximum atomic E-state index is 10.9. The smallest absolute Gasteiger partial charge is 0.308 e. The van der Waals surface area contributed by atoms with E-state index in [0.29, 0.717) is 11.5 Å². The van der Waals surface area contributed by atoms with E-state index in [-0.39, 0.29) is 4.83 Å². The molecule has 0 aliphatic carbocycles. The first-order chi connectivity index (χ1) is 7.88. The first-order valence-electron chi connectivity index (χ1n) is 5.04. The van der Waals surface area contributed by atoms with Gasteiger partial charge >= 0.3 is 11.9 Å². The Bertz CT molecular complexity index is 406. The van der Waals surface area contributed by atoms with E-state index in [1.807, 2.05) is 6.92 Å². The van der Waals surface area contributed by atoms with Crippen LogP contribution in [0.5, 0.6) is 11.5 Å². The normalized spacial score (nSPS) is 11.8. The van der Waals surface area contributed by atoms with Gasteiger partial charge in [0.1, 0.15) is 11.5 Å². The maximum Gasteiger partial charge on any atom is 0.308 e. The van der Waals surface area contributed by atoms with E-state index >= 15 is 0 Å². The lowest BCUT2D eigenvalue weighted by atomic mass is 10.1. The van der Waals surface area contributed by atoms with Crippen molar-refractivity contribution in [2.24, 2.45) is 0 Å². The largest absolute Gasteiger partial charge is 0.427 e. The molecule has 0 heterocycles. The number of rotatable bonds is 3. The Morgan fingerprint density at radius 1 is 1.06 bits per heavy atom. The highest BCUT2D eigenvalue weighted by atomic mass is 79.9. The fourth-order valence-corrected chi connectivity index (χ4v) is 1.54. The van der Waals surface area contributed by atoms with Gasteiger partial charge in [0.2, 0.25) is 0 Å². The minimum Gasteiger partial charge on any atom is -0.427 e. The van der Waals surface area contributed by atoms with Crippen LogP contribution >= 0.6 is 15.9 Å². The third-order valence-electron chi connectivity index (χ3n) is 1.88. The molecule has 92 valence electrons. The number of ether oxygens (including phenoxy) is 2. The minimum atomic E-state index is -0.418. The van der Waals surface area contributed by atoms with Crippen molar-refractivity contribution in [2.45, 2.75) is 25.6 Å². The molecule has 0 aliphatic heterocycles. The first-order valence-corrected chi connectivity index (χ1v) is 5.96. The van der Waals surface area contributed by atoms with E-state index in [9.17, 15) is 9.59 Å². The van der Waals surface area contributed by atoms with Gasteiger partial charge in [0.25, 0.3) is 0 Å². The van der Waals surface area contributed by atoms with Gasteiger partial charge in [-0.15, -0.1) is 0 Å². The lowest BCUT2D eigenvalue weighted by Gasteiger charge is -2.10. The number of hydrogen-bond donors (Lipinski definition) is 0. The Kier molecular flexibility index (Phi) is 4.69. The van der Waals surface area contributed by atoms with E-state index < -0.39 is 11.9 Å². The molecule has 0 bridgehead atoms. The molecular formula is C12H13BrO4. The Hall–Kier alpha value is -1.36. The van der Waals surface area contributed by atoms with Gasteiger partial charge in [0, 0.05) is 24.7 Å². The van der Waals surface area contributed by atoms with Crippen LogP contribution in [0.2, 0.25) is 0 Å². The highest BCUT2D eigenvalue weighted by Gasteiger charge is 2.09. The molecule has 0 spiro atoms. The third kappa shape index (κ3) is 4.56. The lowest BCUT2D eigenvalue weighted by Crippen LogP contribution is -2.05. The van der Waals surface area contributed by atoms with Crippen molar-refractivity contribution in [1.82, 2.24) is 0 Å². The van der Waals surface area contributed by atoms with Crippen molar-refractivity contribution in [1.29, 1.82) is 0 Å². The number of alkyl halides is 1. The Morgan fingerprint density at radius 2 is 1.47 bits per heavy atom. The number of hydrogen-bond acceptors (Lipinski definition) is 4. The number of carbonyl (C=O) groups excluding carboxylic acids is 2. The summed E-state index contributed by atoms with van der Waals surface area (Å²) in [6, 6.07) is 4.93. The van der Waals surface area contributed by atoms with Crippen molar-refractivity contribution in [3.63, 3.8) is 0 Å². The summed E-state index contributed by atoms with van der Waals surface area (Å²) < 4.78 is 9.95. The molecule has 4 nitrogen and oxygen atoms in total. The molecule has 0 saturated carbocycles. The van der Waals surface area contributed by atoms with Gasteiger partial charge in [-0.2, -0.15) is 0 Å². The Morgan fingerprint density at radius 3 is 1.76 bits per heavy atom. The summed E-state index contributed by atoms with van der Waals surface area (Å²) in [4.78, 5) is 21.8. The van der Waals surface area contributed by atoms with E-state index in [1.54, 1.807) is 12.1 Å². The van der Waals surface area contributed by atoms with Gasteiger partial charge in [-0.1, -0.05) is 15.9 Å². The number of carbonyl (C=O) groups is 2. The van der Waals surface area contributed by atoms with Gasteiger partial charge in [-0.05, 0) is 24.6 Å². The summed E-state index contributed by atoms with van der Waals surface area (Å²) in [5, 5.41) is 0. The first kappa shape index (κ1) is 13.7. The van der Waals surface area contributed by atoms with Crippen molar-refractivity contribution < 1.29 is 19.1 Å². The zero-order chi connectivity index (χ0) is 13.0. The molecule has 5 heteroatoms. The van der Waals surface area contributed by atoms with Crippen molar-refractivity contribution in [3.05, 3.63) is 23.8 Å². The molecule has 0 aliphatic rings. The minimum absolute atomic E-state index is 0.0623. The molecular weight excluding hydrogens is 288 g/mol. The summed E-state index contributed by atoms with van der Waals surface area (Å²) in [6.07, 6.45) is 0. The van der Waals surface area contributed by atoms with Crippen LogP contribution in [0.3, 0.4) is 0 Å². The molecule has 1 aromatic rings. The van der Waals surface area contributed by atoms with Crippen molar-refractivity contribution in [3.8, 4) is 11.5 Å². The molecule has 1 aromatic carbocycles. The monoisotopic (exact) mass is 300 g/mol. The van der Waals surface area contributed by atoms with E-state index in [1.165, 1.54) is 19.9 Å². The summed E-state index contributed by atoms with van der Waals surface area (Å²) in [7, 11) is 0. The van der Waals surface area contributed by atoms with Crippen molar-refractivity contribution in [2.75, 3.05) is 0 Å². The second-order valence-electron chi connectivity index (χ2n) is 3.54. The number of halogens is 1. The fraction of sp³-hybridized carbons (Fsp3) is 0.333. The maximum absolute atomic E-state index is 10.9. The predicted molar refractivity (Wildman–Crippen MR) is 66.4 cm³/mol. The van der Waals surface area contributed by atoms with E-state index in [4.69, 9.17) is 9.47 Å². The van der Waals surface area contributed by atoms with Gasteiger partial charge in [-0.3, -0.25) is 9.59 Å². The third-order valence-corrected chi connectivity index (χ3v) is 2.41. The zero-order valence-electron chi connectivity index (χ0n) is 9.82. The van der Waals surface area contributed by atoms with E-state index in [0.717, 1.165) is 5.56 Å². The summed E-state index contributed by atoms with van der Waals surface area (Å²) >= 11 is 3.40. The van der Waals surface area contributed by atoms with Crippen LogP contribution in [0, 0.1) is 0 Å². The van der Waals surface area contributed by atoms with Crippen LogP contribution in [0.1, 0.15) is 31.2 Å². The zero-order valence-corrected chi connectivity index (χ0v) is 11.4. The van der Waals surface area contributed by atoms with Crippen LogP contribution < -0.4 is 9.47 Å². The van der Waals surface area contributed by atoms with Gasteiger partial charge in [0.15, 0.2) is 0 Å². The van der Waals surface area contributed by atoms with Crippen LogP contribution in [-0.2, 0) is 9.59 Å². The molecule has 1 atom stereocenters. The quantitative estimate of drug-likeness (QED) is 0.489. The van der Waals surface area contributed by atoms with Gasteiger partial charge in [-0.25, -0.2) is 0 Å². The number of esters is 2. The standard InChI is InChI=1S/C12H13BrO4/c1-7(13)10-4-11(16-8(2)14)6-12(5-10)17-9(3)15/h4-7H,1-3H3. The topological polar surface area (TPSA) is 52.6 Å². The SMILES string of the molecule is CC(=O)Oc1cc(OC(C)=O)cc(C(C)Br)c1. The molecule has 0 amide bonds. The van der Waals surface area contributed by atoms with Crippen LogP contribution in [0.25, 0.3) is 0 Å². The molecule has 0 saturated heterocycles. The predicted octanol–water partition coefficient (Wildman–Crippen LogP) is 2.99. The van der Waals surface area contributed by atoms with Crippen LogP contribution in [0.4, 0.5) is 0 Å². The molecule has 0 radical (unpaired) electrons. The van der Waals surface area contributed by atoms with E-state index in [2.05, 4.69) is 15.9 Å². The van der Waals surface area contributed by atoms with Crippen molar-refractivity contribution >= 4 is 27.9 Å². The molecule has 0 aromatic heterocycles. The molecule has 0 N–H and O–H groups in total. The summed E-state index contributed by atoms with van der Waals surface area (Å²) in [5.41, 5.74) is 0.861. The van der Waals surface area contributed by atoms with Gasteiger partial charge < -0.3 is 9.47 Å². The van der Waals surface area contributed by atoms with Crippen LogP contribution in [0.15, 0.2) is 18.2 Å². The Labute approximate surface area is 108 Å². The number of benzene rings is 1. The average Bonchev–Trinajstić information content (AvgIpc) is 2.14. The molecule has 1 rings (SSSR count). The second-order valence-corrected chi connectivity index (χ2v) is 4.91. The molecule has 0 fully saturated rings. The lowest BCUT2D eigenvalue weighted by molar-refractivity contribution is -0.132. The summed E-state index contributed by atoms with van der Waals surface area (Å²) in [5.74, 6) is -0.119. The molecule has 17 heavy (non-hydrogen) atoms. The molecule has 1 unspecified atom stereocenters. The second kappa shape index (κ2) is 5.82. The summed E-state index contributed by atoms with van der Waals surface area (Å²) in [6.45, 7) is 4.55. The highest BCUT2D eigenvalue weighted by molar-refractivity contribution is 9.09. The van der Waals surface area contributed by atoms with Gasteiger partial charge in [0.05, 0.1) is 0 Å². The van der Waals surface area contributed by atoms with Crippen LogP contribution in [-0.4, -0.2) is 11.9 Å².